The molecule has 6 nitrogen and oxygen atoms in total. The van der Waals surface area contributed by atoms with Gasteiger partial charge < -0.3 is 14.0 Å². The van der Waals surface area contributed by atoms with E-state index in [0.29, 0.717) is 13.0 Å². The maximum absolute atomic E-state index is 11.2. The van der Waals surface area contributed by atoms with E-state index in [1.165, 1.54) is 20.7 Å². The van der Waals surface area contributed by atoms with Crippen LogP contribution in [0.15, 0.2) is 121 Å². The summed E-state index contributed by atoms with van der Waals surface area (Å²) in [7, 11) is -8.29. The zero-order chi connectivity index (χ0) is 39.9. The summed E-state index contributed by atoms with van der Waals surface area (Å²) in [6, 6.07) is 42.6. The Labute approximate surface area is 356 Å². The zero-order valence-electron chi connectivity index (χ0n) is 35.3. The smallest absolute Gasteiger partial charge is 0.264 e. The van der Waals surface area contributed by atoms with Crippen LogP contribution in [-0.4, -0.2) is 61.8 Å². The molecule has 0 aliphatic carbocycles. The average Bonchev–Trinajstić information content (AvgIpc) is 3.11. The van der Waals surface area contributed by atoms with Crippen molar-refractivity contribution in [1.29, 1.82) is 0 Å². The first-order valence-corrected chi connectivity index (χ1v) is 25.1. The summed E-state index contributed by atoms with van der Waals surface area (Å²) in [4.78, 5) is 0. The second-order valence-corrected chi connectivity index (χ2v) is 26.7. The van der Waals surface area contributed by atoms with Crippen LogP contribution in [0, 0.1) is 0 Å². The highest BCUT2D eigenvalue weighted by Crippen LogP contribution is 2.38. The molecule has 56 heavy (non-hydrogen) atoms. The molecule has 4 rings (SSSR count). The molecule has 0 spiro atoms. The number of unbranched alkanes of at least 4 members (excludes halogenated alkanes) is 2. The SMILES string of the molecule is C[C@@H](CCCCO[Si](c1ccccc1)(c1ccccc1)C(C)(C)C)OS(C)(=O)=O.C[C@H](O)CCCCO[Si](c1ccccc1)(c1ccccc1)C(C)(C)C.S.S. The normalized spacial score (nSPS) is 13.3. The molecule has 4 aromatic rings. The van der Waals surface area contributed by atoms with Crippen LogP contribution in [0.3, 0.4) is 0 Å². The summed E-state index contributed by atoms with van der Waals surface area (Å²) in [6.07, 6.45) is 5.78. The highest BCUT2D eigenvalue weighted by molar-refractivity contribution is 7.86. The quantitative estimate of drug-likeness (QED) is 0.0615. The van der Waals surface area contributed by atoms with Gasteiger partial charge in [-0.15, -0.1) is 0 Å². The second-order valence-electron chi connectivity index (χ2n) is 16.5. The fourth-order valence-corrected chi connectivity index (χ4v) is 17.3. The third kappa shape index (κ3) is 14.9. The van der Waals surface area contributed by atoms with Crippen LogP contribution in [0.4, 0.5) is 0 Å². The van der Waals surface area contributed by atoms with Gasteiger partial charge >= 0.3 is 0 Å². The molecular formula is C45H70O6S3Si2. The van der Waals surface area contributed by atoms with Crippen LogP contribution < -0.4 is 20.7 Å². The molecule has 4 aromatic carbocycles. The Hall–Kier alpha value is -2.20. The van der Waals surface area contributed by atoms with Gasteiger partial charge in [-0.25, -0.2) is 0 Å². The van der Waals surface area contributed by atoms with Crippen LogP contribution >= 0.6 is 27.0 Å². The number of aliphatic hydroxyl groups excluding tert-OH is 1. The van der Waals surface area contributed by atoms with Gasteiger partial charge in [-0.05, 0) is 83.2 Å². The van der Waals surface area contributed by atoms with Crippen molar-refractivity contribution in [1.82, 2.24) is 0 Å². The second kappa shape index (κ2) is 24.0. The number of aliphatic hydroxyl groups is 1. The molecule has 0 fully saturated rings. The monoisotopic (exact) mass is 858 g/mol. The Kier molecular flexibility index (Phi) is 22.2. The van der Waals surface area contributed by atoms with E-state index in [9.17, 15) is 13.5 Å². The van der Waals surface area contributed by atoms with E-state index >= 15 is 0 Å². The van der Waals surface area contributed by atoms with Crippen molar-refractivity contribution in [2.45, 2.75) is 116 Å². The topological polar surface area (TPSA) is 82.1 Å². The van der Waals surface area contributed by atoms with E-state index in [2.05, 4.69) is 151 Å². The molecular weight excluding hydrogens is 789 g/mol. The van der Waals surface area contributed by atoms with E-state index in [1.807, 2.05) is 19.1 Å². The summed E-state index contributed by atoms with van der Waals surface area (Å²) < 4.78 is 41.1. The van der Waals surface area contributed by atoms with Gasteiger partial charge in [-0.1, -0.05) is 163 Å². The first kappa shape index (κ1) is 51.8. The minimum Gasteiger partial charge on any atom is -0.407 e. The van der Waals surface area contributed by atoms with Crippen molar-refractivity contribution < 1.29 is 26.6 Å². The van der Waals surface area contributed by atoms with E-state index in [-0.39, 0.29) is 49.3 Å². The third-order valence-electron chi connectivity index (χ3n) is 9.83. The molecule has 0 heterocycles. The van der Waals surface area contributed by atoms with Crippen molar-refractivity contribution >= 4 is 74.5 Å². The molecule has 0 aromatic heterocycles. The standard InChI is InChI=1S/C23H34O4SSi.C22H32O2Si.2H2S/c1-20(27-28(5,24)25)14-12-13-19-26-29(23(2,3)4,21-15-8-6-9-16-21)22-17-10-7-11-18-22;1-19(23)13-11-12-18-24-25(22(2,3)4,20-14-7-5-8-15-20)21-16-9-6-10-17-21;;/h6-11,15-18,20H,12-14,19H2,1-5H3;5-10,14-17,19,23H,11-13,18H2,1-4H3;2*1H2/t20-;19-;;/m00../s1. The summed E-state index contributed by atoms with van der Waals surface area (Å²) in [5, 5.41) is 14.6. The first-order valence-electron chi connectivity index (χ1n) is 19.5. The molecule has 0 aliphatic rings. The largest absolute Gasteiger partial charge is 0.407 e. The molecule has 11 heteroatoms. The summed E-state index contributed by atoms with van der Waals surface area (Å²) in [6.45, 7) is 18.7. The van der Waals surface area contributed by atoms with Crippen LogP contribution in [0.5, 0.6) is 0 Å². The van der Waals surface area contributed by atoms with Gasteiger partial charge in [0, 0.05) is 13.2 Å². The average molecular weight is 859 g/mol. The number of benzene rings is 4. The van der Waals surface area contributed by atoms with E-state index in [4.69, 9.17) is 13.0 Å². The van der Waals surface area contributed by atoms with Gasteiger partial charge in [0.25, 0.3) is 26.8 Å². The Morgan fingerprint density at radius 1 is 0.536 bits per heavy atom. The lowest BCUT2D eigenvalue weighted by Crippen LogP contribution is -2.66. The molecule has 312 valence electrons. The highest BCUT2D eigenvalue weighted by Gasteiger charge is 2.51. The zero-order valence-corrected chi connectivity index (χ0v) is 40.1. The Morgan fingerprint density at radius 2 is 0.821 bits per heavy atom. The summed E-state index contributed by atoms with van der Waals surface area (Å²) in [5.74, 6) is 0. The lowest BCUT2D eigenvalue weighted by atomic mass is 10.2. The molecule has 0 saturated carbocycles. The summed E-state index contributed by atoms with van der Waals surface area (Å²) >= 11 is 0. The van der Waals surface area contributed by atoms with Crippen LogP contribution in [0.2, 0.25) is 10.1 Å². The van der Waals surface area contributed by atoms with Gasteiger partial charge in [-0.2, -0.15) is 35.4 Å². The van der Waals surface area contributed by atoms with Crippen molar-refractivity contribution in [3.8, 4) is 0 Å². The Balaban J connectivity index is 0.000000546. The van der Waals surface area contributed by atoms with Gasteiger partial charge in [-0.3, -0.25) is 4.18 Å². The van der Waals surface area contributed by atoms with Crippen LogP contribution in [-0.2, 0) is 23.2 Å². The third-order valence-corrected chi connectivity index (χ3v) is 20.6. The van der Waals surface area contributed by atoms with E-state index in [1.54, 1.807) is 6.92 Å². The van der Waals surface area contributed by atoms with Gasteiger partial charge in [0.1, 0.15) is 0 Å². The van der Waals surface area contributed by atoms with Crippen LogP contribution in [0.25, 0.3) is 0 Å². The maximum Gasteiger partial charge on any atom is 0.264 e. The van der Waals surface area contributed by atoms with Crippen molar-refractivity contribution in [2.24, 2.45) is 0 Å². The fraction of sp³-hybridized carbons (Fsp3) is 0.467. The van der Waals surface area contributed by atoms with E-state index < -0.39 is 26.8 Å². The molecule has 0 aliphatic heterocycles. The minimum absolute atomic E-state index is 0. The molecule has 0 saturated heterocycles. The molecule has 0 amide bonds. The lowest BCUT2D eigenvalue weighted by molar-refractivity contribution is 0.176. The first-order chi connectivity index (χ1) is 25.4. The predicted octanol–water partition coefficient (Wildman–Crippen LogP) is 8.44. The fourth-order valence-electron chi connectivity index (χ4n) is 7.40. The lowest BCUT2D eigenvalue weighted by Gasteiger charge is -2.43. The van der Waals surface area contributed by atoms with Crippen molar-refractivity contribution in [2.75, 3.05) is 19.5 Å². The Morgan fingerprint density at radius 3 is 1.07 bits per heavy atom. The minimum atomic E-state index is -3.41. The number of hydrogen-bond acceptors (Lipinski definition) is 6. The highest BCUT2D eigenvalue weighted by atomic mass is 32.2. The molecule has 0 unspecified atom stereocenters. The Bertz CT molecular complexity index is 1650. The molecule has 0 radical (unpaired) electrons. The van der Waals surface area contributed by atoms with Crippen LogP contribution in [0.1, 0.15) is 93.9 Å². The number of rotatable bonds is 18. The van der Waals surface area contributed by atoms with Crippen molar-refractivity contribution in [3.05, 3.63) is 121 Å². The summed E-state index contributed by atoms with van der Waals surface area (Å²) in [5.41, 5.74) is 0. The molecule has 2 atom stereocenters. The van der Waals surface area contributed by atoms with Gasteiger partial charge in [0.05, 0.1) is 18.5 Å². The van der Waals surface area contributed by atoms with Gasteiger partial charge in [0.2, 0.25) is 0 Å². The predicted molar refractivity (Wildman–Crippen MR) is 253 cm³/mol. The van der Waals surface area contributed by atoms with Crippen molar-refractivity contribution in [3.63, 3.8) is 0 Å². The van der Waals surface area contributed by atoms with E-state index in [0.717, 1.165) is 45.0 Å². The van der Waals surface area contributed by atoms with Gasteiger partial charge in [0.15, 0.2) is 0 Å². The molecule has 0 bridgehead atoms. The molecule has 1 N–H and O–H groups in total. The maximum atomic E-state index is 11.2. The number of hydrogen-bond donors (Lipinski definition) is 1.